The molecule has 0 aliphatic rings. The second-order valence-electron chi connectivity index (χ2n) is 2.40. The van der Waals surface area contributed by atoms with Crippen molar-refractivity contribution in [3.63, 3.8) is 0 Å². The van der Waals surface area contributed by atoms with Gasteiger partial charge in [0.05, 0.1) is 0 Å². The lowest BCUT2D eigenvalue weighted by molar-refractivity contribution is -0.167. The summed E-state index contributed by atoms with van der Waals surface area (Å²) in [6.45, 7) is 3.48. The lowest BCUT2D eigenvalue weighted by Crippen LogP contribution is -2.18. The summed E-state index contributed by atoms with van der Waals surface area (Å²) in [5.74, 6) is -0.469. The number of carbonyl (C=O) groups is 1. The minimum absolute atomic E-state index is 0.422. The first-order chi connectivity index (χ1) is 5.60. The van der Waals surface area contributed by atoms with Gasteiger partial charge in [-0.1, -0.05) is 6.92 Å². The Morgan fingerprint density at radius 2 is 2.25 bits per heavy atom. The Kier molecular flexibility index (Phi) is 5.12. The van der Waals surface area contributed by atoms with Gasteiger partial charge in [0.2, 0.25) is 6.29 Å². The molecule has 0 fully saturated rings. The molecule has 70 valence electrons. The van der Waals surface area contributed by atoms with Crippen molar-refractivity contribution in [2.24, 2.45) is 5.73 Å². The average Bonchev–Trinajstić information content (AvgIpc) is 1.98. The van der Waals surface area contributed by atoms with Crippen LogP contribution in [-0.4, -0.2) is 19.4 Å². The van der Waals surface area contributed by atoms with Gasteiger partial charge in [-0.05, 0) is 6.92 Å². The monoisotopic (exact) mass is 173 g/mol. The molecule has 0 aliphatic carbocycles. The van der Waals surface area contributed by atoms with Crippen LogP contribution in [0, 0.1) is 0 Å². The topological polar surface area (TPSA) is 61.5 Å². The van der Waals surface area contributed by atoms with E-state index < -0.39 is 12.3 Å². The normalized spacial score (nSPS) is 14.1. The van der Waals surface area contributed by atoms with E-state index in [9.17, 15) is 4.79 Å². The number of esters is 1. The molecule has 4 heteroatoms. The van der Waals surface area contributed by atoms with Crippen LogP contribution in [0.2, 0.25) is 0 Å². The van der Waals surface area contributed by atoms with Crippen molar-refractivity contribution in [1.82, 2.24) is 0 Å². The number of ether oxygens (including phenoxy) is 2. The van der Waals surface area contributed by atoms with E-state index in [4.69, 9.17) is 15.2 Å². The third-order valence-electron chi connectivity index (χ3n) is 1.19. The molecule has 12 heavy (non-hydrogen) atoms. The minimum atomic E-state index is -0.479. The van der Waals surface area contributed by atoms with E-state index in [1.807, 2.05) is 6.92 Å². The molecule has 1 unspecified atom stereocenters. The van der Waals surface area contributed by atoms with Crippen molar-refractivity contribution < 1.29 is 14.3 Å². The zero-order valence-corrected chi connectivity index (χ0v) is 7.66. The third-order valence-corrected chi connectivity index (χ3v) is 1.19. The molecule has 0 bridgehead atoms. The van der Waals surface area contributed by atoms with Crippen LogP contribution >= 0.6 is 0 Å². The summed E-state index contributed by atoms with van der Waals surface area (Å²) in [5.41, 5.74) is 5.69. The summed E-state index contributed by atoms with van der Waals surface area (Å²) < 4.78 is 9.68. The second kappa shape index (κ2) is 5.60. The predicted octanol–water partition coefficient (Wildman–Crippen LogP) is 0.775. The summed E-state index contributed by atoms with van der Waals surface area (Å²) in [4.78, 5) is 10.9. The highest BCUT2D eigenvalue weighted by Gasteiger charge is 2.08. The number of hydrogen-bond donors (Lipinski definition) is 1. The van der Waals surface area contributed by atoms with Crippen molar-refractivity contribution in [3.05, 3.63) is 11.8 Å². The Labute approximate surface area is 72.3 Å². The highest BCUT2D eigenvalue weighted by Crippen LogP contribution is 1.99. The van der Waals surface area contributed by atoms with Gasteiger partial charge in [0.1, 0.15) is 0 Å². The predicted molar refractivity (Wildman–Crippen MR) is 45.1 cm³/mol. The maximum absolute atomic E-state index is 10.9. The number of methoxy groups -OCH3 is 1. The average molecular weight is 173 g/mol. The summed E-state index contributed by atoms with van der Waals surface area (Å²) in [5, 5.41) is 0. The van der Waals surface area contributed by atoms with Crippen LogP contribution in [0.4, 0.5) is 0 Å². The summed E-state index contributed by atoms with van der Waals surface area (Å²) in [7, 11) is 1.49. The van der Waals surface area contributed by atoms with Crippen molar-refractivity contribution in [3.8, 4) is 0 Å². The van der Waals surface area contributed by atoms with Gasteiger partial charge >= 0.3 is 5.97 Å². The van der Waals surface area contributed by atoms with Crippen LogP contribution in [0.25, 0.3) is 0 Å². The molecule has 0 heterocycles. The van der Waals surface area contributed by atoms with E-state index in [0.29, 0.717) is 12.1 Å². The zero-order chi connectivity index (χ0) is 9.56. The molecule has 2 N–H and O–H groups in total. The van der Waals surface area contributed by atoms with Crippen molar-refractivity contribution in [2.75, 3.05) is 7.11 Å². The summed E-state index contributed by atoms with van der Waals surface area (Å²) >= 11 is 0. The lowest BCUT2D eigenvalue weighted by Gasteiger charge is -2.12. The largest absolute Gasteiger partial charge is 0.433 e. The fourth-order valence-electron chi connectivity index (χ4n) is 0.648. The summed E-state index contributed by atoms with van der Waals surface area (Å²) in [6.07, 6.45) is 1.37. The molecule has 0 spiro atoms. The van der Waals surface area contributed by atoms with Crippen molar-refractivity contribution >= 4 is 5.97 Å². The Bertz CT molecular complexity index is 169. The molecule has 0 amide bonds. The zero-order valence-electron chi connectivity index (χ0n) is 7.66. The van der Waals surface area contributed by atoms with E-state index >= 15 is 0 Å². The molecule has 4 nitrogen and oxygen atoms in total. The van der Waals surface area contributed by atoms with Crippen LogP contribution in [0.3, 0.4) is 0 Å². The molecule has 0 saturated heterocycles. The van der Waals surface area contributed by atoms with Gasteiger partial charge in [0, 0.05) is 25.3 Å². The van der Waals surface area contributed by atoms with E-state index in [0.717, 1.165) is 0 Å². The Balaban J connectivity index is 3.90. The molecule has 0 saturated carbocycles. The standard InChI is InChI=1S/C8H15NO3/c1-4-8(11-3)12-7(10)5-6(2)9/h5,8H,4,9H2,1-3H3/b6-5-. The van der Waals surface area contributed by atoms with Gasteiger partial charge < -0.3 is 15.2 Å². The first-order valence-corrected chi connectivity index (χ1v) is 3.77. The molecule has 0 aromatic carbocycles. The third kappa shape index (κ3) is 4.73. The van der Waals surface area contributed by atoms with Crippen LogP contribution in [0.5, 0.6) is 0 Å². The fourth-order valence-corrected chi connectivity index (χ4v) is 0.648. The quantitative estimate of drug-likeness (QED) is 0.387. The Morgan fingerprint density at radius 1 is 1.67 bits per heavy atom. The van der Waals surface area contributed by atoms with Gasteiger partial charge in [-0.25, -0.2) is 4.79 Å². The molecule has 0 aromatic rings. The van der Waals surface area contributed by atoms with Crippen molar-refractivity contribution in [1.29, 1.82) is 0 Å². The molecule has 0 rings (SSSR count). The second-order valence-corrected chi connectivity index (χ2v) is 2.40. The highest BCUT2D eigenvalue weighted by atomic mass is 16.7. The minimum Gasteiger partial charge on any atom is -0.433 e. The summed E-state index contributed by atoms with van der Waals surface area (Å²) in [6, 6.07) is 0. The van der Waals surface area contributed by atoms with Gasteiger partial charge in [0.15, 0.2) is 0 Å². The van der Waals surface area contributed by atoms with E-state index in [2.05, 4.69) is 0 Å². The molecule has 1 atom stereocenters. The van der Waals surface area contributed by atoms with Gasteiger partial charge in [-0.3, -0.25) is 0 Å². The van der Waals surface area contributed by atoms with E-state index in [1.54, 1.807) is 6.92 Å². The number of nitrogens with two attached hydrogens (primary N) is 1. The molecular weight excluding hydrogens is 158 g/mol. The molecule has 0 aliphatic heterocycles. The molecule has 0 aromatic heterocycles. The molecule has 0 radical (unpaired) electrons. The number of allylic oxidation sites excluding steroid dienone is 1. The van der Waals surface area contributed by atoms with Crippen LogP contribution in [0.15, 0.2) is 11.8 Å². The first-order valence-electron chi connectivity index (χ1n) is 3.77. The van der Waals surface area contributed by atoms with E-state index in [1.165, 1.54) is 13.2 Å². The Morgan fingerprint density at radius 3 is 2.58 bits per heavy atom. The van der Waals surface area contributed by atoms with Gasteiger partial charge in [0.25, 0.3) is 0 Å². The highest BCUT2D eigenvalue weighted by molar-refractivity contribution is 5.82. The maximum Gasteiger partial charge on any atom is 0.334 e. The van der Waals surface area contributed by atoms with Crippen LogP contribution in [0.1, 0.15) is 20.3 Å². The SMILES string of the molecule is CCC(OC)OC(=O)/C=C(/C)N. The maximum atomic E-state index is 10.9. The smallest absolute Gasteiger partial charge is 0.334 e. The Hall–Kier alpha value is -1.03. The van der Waals surface area contributed by atoms with Crippen LogP contribution < -0.4 is 5.73 Å². The molecular formula is C8H15NO3. The van der Waals surface area contributed by atoms with Gasteiger partial charge in [-0.2, -0.15) is 0 Å². The van der Waals surface area contributed by atoms with E-state index in [-0.39, 0.29) is 0 Å². The van der Waals surface area contributed by atoms with Crippen LogP contribution in [-0.2, 0) is 14.3 Å². The lowest BCUT2D eigenvalue weighted by atomic mass is 10.4. The fraction of sp³-hybridized carbons (Fsp3) is 0.625. The number of hydrogen-bond acceptors (Lipinski definition) is 4. The van der Waals surface area contributed by atoms with Crippen molar-refractivity contribution in [2.45, 2.75) is 26.6 Å². The van der Waals surface area contributed by atoms with Gasteiger partial charge in [-0.15, -0.1) is 0 Å². The number of rotatable bonds is 4. The first kappa shape index (κ1) is 11.0. The number of carbonyl (C=O) groups excluding carboxylic acids is 1.